The van der Waals surface area contributed by atoms with Gasteiger partial charge in [-0.2, -0.15) is 0 Å². The number of aliphatic hydroxyl groups is 1. The van der Waals surface area contributed by atoms with Gasteiger partial charge in [-0.25, -0.2) is 0 Å². The molecule has 1 aromatic rings. The second kappa shape index (κ2) is 5.71. The quantitative estimate of drug-likeness (QED) is 0.590. The molecule has 1 atom stereocenters. The van der Waals surface area contributed by atoms with Gasteiger partial charge in [-0.1, -0.05) is 0 Å². The van der Waals surface area contributed by atoms with Crippen molar-refractivity contribution in [2.75, 3.05) is 24.6 Å². The molecule has 0 radical (unpaired) electrons. The van der Waals surface area contributed by atoms with E-state index in [1.165, 1.54) is 0 Å². The summed E-state index contributed by atoms with van der Waals surface area (Å²) in [5, 5.41) is 16.7. The van der Waals surface area contributed by atoms with Gasteiger partial charge in [-0.05, 0) is 52.9 Å². The fourth-order valence-electron chi connectivity index (χ4n) is 2.37. The predicted molar refractivity (Wildman–Crippen MR) is 77.2 cm³/mol. The molecule has 1 aliphatic rings. The number of anilines is 1. The maximum absolute atomic E-state index is 9.25. The molecule has 4 N–H and O–H groups in total. The van der Waals surface area contributed by atoms with Crippen molar-refractivity contribution in [2.45, 2.75) is 12.8 Å². The fraction of sp³-hybridized carbons (Fsp3) is 0.462. The first-order valence-electron chi connectivity index (χ1n) is 6.11. The van der Waals surface area contributed by atoms with Gasteiger partial charge >= 0.3 is 0 Å². The van der Waals surface area contributed by atoms with Gasteiger partial charge in [0.25, 0.3) is 0 Å². The molecule has 1 unspecified atom stereocenters. The minimum atomic E-state index is 0.0697. The summed E-state index contributed by atoms with van der Waals surface area (Å²) in [6.45, 7) is 2.16. The summed E-state index contributed by atoms with van der Waals surface area (Å²) in [6, 6.07) is 5.85. The molecular weight excluding hydrogens is 294 g/mol. The van der Waals surface area contributed by atoms with E-state index in [2.05, 4.69) is 20.8 Å². The van der Waals surface area contributed by atoms with E-state index in [0.29, 0.717) is 5.92 Å². The number of halogens is 1. The first-order chi connectivity index (χ1) is 8.61. The number of hydrogen-bond acceptors (Lipinski definition) is 3. The molecule has 98 valence electrons. The Morgan fingerprint density at radius 2 is 2.33 bits per heavy atom. The maximum Gasteiger partial charge on any atom is 0.123 e. The van der Waals surface area contributed by atoms with Crippen LogP contribution in [0.3, 0.4) is 0 Å². The Balaban J connectivity index is 2.18. The highest BCUT2D eigenvalue weighted by Gasteiger charge is 2.20. The minimum Gasteiger partial charge on any atom is -0.396 e. The van der Waals surface area contributed by atoms with Crippen molar-refractivity contribution in [3.8, 4) is 0 Å². The smallest absolute Gasteiger partial charge is 0.123 e. The predicted octanol–water partition coefficient (Wildman–Crippen LogP) is 1.94. The lowest BCUT2D eigenvalue weighted by molar-refractivity contribution is 0.209. The van der Waals surface area contributed by atoms with E-state index in [0.717, 1.165) is 41.7 Å². The summed E-state index contributed by atoms with van der Waals surface area (Å²) in [7, 11) is 0. The van der Waals surface area contributed by atoms with Crippen LogP contribution < -0.4 is 10.6 Å². The third kappa shape index (κ3) is 2.84. The summed E-state index contributed by atoms with van der Waals surface area (Å²) in [4.78, 5) is 2.28. The Hall–Kier alpha value is -1.07. The van der Waals surface area contributed by atoms with Crippen molar-refractivity contribution in [2.24, 2.45) is 11.7 Å². The van der Waals surface area contributed by atoms with Crippen molar-refractivity contribution in [3.05, 3.63) is 28.2 Å². The lowest BCUT2D eigenvalue weighted by Crippen LogP contribution is -2.36. The third-order valence-corrected chi connectivity index (χ3v) is 4.04. The van der Waals surface area contributed by atoms with Crippen molar-refractivity contribution >= 4 is 27.5 Å². The average Bonchev–Trinajstić information content (AvgIpc) is 2.38. The van der Waals surface area contributed by atoms with Crippen molar-refractivity contribution in [1.29, 1.82) is 5.41 Å². The standard InChI is InChI=1S/C13H18BrN3O/c14-12-6-10(3-4-11(12)13(15)16)17-5-1-2-9(7-17)8-18/h3-4,6,9,18H,1-2,5,7-8H2,(H3,15,16). The minimum absolute atomic E-state index is 0.0697. The van der Waals surface area contributed by atoms with Gasteiger partial charge in [-0.15, -0.1) is 0 Å². The van der Waals surface area contributed by atoms with Crippen molar-refractivity contribution in [1.82, 2.24) is 0 Å². The van der Waals surface area contributed by atoms with Crippen LogP contribution in [0.5, 0.6) is 0 Å². The number of nitrogens with two attached hydrogens (primary N) is 1. The molecule has 0 saturated carbocycles. The number of piperidine rings is 1. The normalized spacial score (nSPS) is 19.9. The maximum atomic E-state index is 9.25. The highest BCUT2D eigenvalue weighted by molar-refractivity contribution is 9.10. The van der Waals surface area contributed by atoms with Crippen LogP contribution >= 0.6 is 15.9 Å². The number of nitrogens with one attached hydrogen (secondary N) is 1. The van der Waals surface area contributed by atoms with Crippen LogP contribution in [0.2, 0.25) is 0 Å². The largest absolute Gasteiger partial charge is 0.396 e. The summed E-state index contributed by atoms with van der Waals surface area (Å²) in [5.41, 5.74) is 7.33. The molecule has 0 spiro atoms. The average molecular weight is 312 g/mol. The molecule has 1 saturated heterocycles. The van der Waals surface area contributed by atoms with Gasteiger partial charge in [0.05, 0.1) is 0 Å². The number of aliphatic hydroxyl groups excluding tert-OH is 1. The van der Waals surface area contributed by atoms with E-state index in [9.17, 15) is 5.11 Å². The second-order valence-corrected chi connectivity index (χ2v) is 5.57. The van der Waals surface area contributed by atoms with Crippen molar-refractivity contribution in [3.63, 3.8) is 0 Å². The van der Waals surface area contributed by atoms with Crippen molar-refractivity contribution < 1.29 is 5.11 Å². The lowest BCUT2D eigenvalue weighted by atomic mass is 9.98. The van der Waals surface area contributed by atoms with Crippen LogP contribution in [0.15, 0.2) is 22.7 Å². The molecule has 0 amide bonds. The zero-order valence-corrected chi connectivity index (χ0v) is 11.8. The van der Waals surface area contributed by atoms with Crippen LogP contribution in [0.4, 0.5) is 5.69 Å². The monoisotopic (exact) mass is 311 g/mol. The number of nitrogen functional groups attached to an aromatic ring is 1. The van der Waals surface area contributed by atoms with E-state index >= 15 is 0 Å². The zero-order valence-electron chi connectivity index (χ0n) is 10.2. The van der Waals surface area contributed by atoms with Gasteiger partial charge < -0.3 is 15.7 Å². The lowest BCUT2D eigenvalue weighted by Gasteiger charge is -2.33. The van der Waals surface area contributed by atoms with E-state index in [1.807, 2.05) is 18.2 Å². The molecule has 0 aliphatic carbocycles. The summed E-state index contributed by atoms with van der Waals surface area (Å²) in [5.74, 6) is 0.435. The number of hydrogen-bond donors (Lipinski definition) is 3. The molecule has 1 aromatic carbocycles. The molecule has 1 aliphatic heterocycles. The Morgan fingerprint density at radius 3 is 2.94 bits per heavy atom. The Bertz CT molecular complexity index is 450. The van der Waals surface area contributed by atoms with Crippen LogP contribution in [0.1, 0.15) is 18.4 Å². The summed E-state index contributed by atoms with van der Waals surface area (Å²) >= 11 is 3.45. The molecule has 2 rings (SSSR count). The molecule has 0 aromatic heterocycles. The van der Waals surface area contributed by atoms with Crippen LogP contribution in [-0.2, 0) is 0 Å². The van der Waals surface area contributed by atoms with E-state index in [1.54, 1.807) is 0 Å². The molecule has 4 nitrogen and oxygen atoms in total. The van der Waals surface area contributed by atoms with E-state index in [-0.39, 0.29) is 12.4 Å². The van der Waals surface area contributed by atoms with Gasteiger partial charge in [0.2, 0.25) is 0 Å². The van der Waals surface area contributed by atoms with Gasteiger partial charge in [-0.3, -0.25) is 5.41 Å². The highest BCUT2D eigenvalue weighted by atomic mass is 79.9. The van der Waals surface area contributed by atoms with Crippen LogP contribution in [0, 0.1) is 11.3 Å². The number of nitrogens with zero attached hydrogens (tertiary/aromatic N) is 1. The van der Waals surface area contributed by atoms with Crippen LogP contribution in [-0.4, -0.2) is 30.6 Å². The third-order valence-electron chi connectivity index (χ3n) is 3.39. The number of amidine groups is 1. The molecule has 5 heteroatoms. The van der Waals surface area contributed by atoms with Crippen LogP contribution in [0.25, 0.3) is 0 Å². The number of rotatable bonds is 3. The second-order valence-electron chi connectivity index (χ2n) is 4.71. The Kier molecular flexibility index (Phi) is 4.24. The van der Waals surface area contributed by atoms with Gasteiger partial charge in [0.1, 0.15) is 5.84 Å². The topological polar surface area (TPSA) is 73.3 Å². The van der Waals surface area contributed by atoms with E-state index < -0.39 is 0 Å². The number of benzene rings is 1. The zero-order chi connectivity index (χ0) is 13.1. The SMILES string of the molecule is N=C(N)c1ccc(N2CCCC(CO)C2)cc1Br. The molecule has 1 fully saturated rings. The molecule has 0 bridgehead atoms. The summed E-state index contributed by atoms with van der Waals surface area (Å²) < 4.78 is 0.846. The first-order valence-corrected chi connectivity index (χ1v) is 6.91. The first kappa shape index (κ1) is 13.4. The Labute approximate surface area is 115 Å². The highest BCUT2D eigenvalue weighted by Crippen LogP contribution is 2.27. The summed E-state index contributed by atoms with van der Waals surface area (Å²) in [6.07, 6.45) is 2.21. The van der Waals surface area contributed by atoms with Gasteiger partial charge in [0, 0.05) is 35.4 Å². The molecular formula is C13H18BrN3O. The molecule has 1 heterocycles. The van der Waals surface area contributed by atoms with E-state index in [4.69, 9.17) is 11.1 Å². The molecule has 18 heavy (non-hydrogen) atoms. The Morgan fingerprint density at radius 1 is 1.56 bits per heavy atom. The van der Waals surface area contributed by atoms with Gasteiger partial charge in [0.15, 0.2) is 0 Å². The fourth-order valence-corrected chi connectivity index (χ4v) is 2.95.